The second kappa shape index (κ2) is 11.9. The Balaban J connectivity index is 3.38. The van der Waals surface area contributed by atoms with Crippen LogP contribution in [0.3, 0.4) is 0 Å². The lowest BCUT2D eigenvalue weighted by Gasteiger charge is -2.20. The van der Waals surface area contributed by atoms with Crippen molar-refractivity contribution in [2.75, 3.05) is 53.1 Å². The first kappa shape index (κ1) is 14.8. The van der Waals surface area contributed by atoms with E-state index in [1.807, 2.05) is 0 Å². The summed E-state index contributed by atoms with van der Waals surface area (Å²) in [5.74, 6) is 0. The van der Waals surface area contributed by atoms with E-state index >= 15 is 0 Å². The summed E-state index contributed by atoms with van der Waals surface area (Å²) in [5, 5.41) is 0. The molecule has 0 aromatic carbocycles. The highest BCUT2D eigenvalue weighted by Crippen LogP contribution is 1.94. The van der Waals surface area contributed by atoms with E-state index in [4.69, 9.17) is 15.2 Å². The fourth-order valence-corrected chi connectivity index (χ4v) is 1.34. The normalized spacial score (nSPS) is 11.2. The van der Waals surface area contributed by atoms with Crippen molar-refractivity contribution in [1.82, 2.24) is 4.90 Å². The van der Waals surface area contributed by atoms with Crippen LogP contribution < -0.4 is 5.73 Å². The molecule has 0 amide bonds. The van der Waals surface area contributed by atoms with Crippen LogP contribution in [0, 0.1) is 0 Å². The second-order valence-electron chi connectivity index (χ2n) is 3.59. The summed E-state index contributed by atoms with van der Waals surface area (Å²) in [6, 6.07) is 0. The molecule has 0 saturated heterocycles. The molecule has 92 valence electrons. The number of ether oxygens (including phenoxy) is 2. The van der Waals surface area contributed by atoms with Crippen LogP contribution in [0.5, 0.6) is 0 Å². The molecule has 0 aliphatic rings. The minimum Gasteiger partial charge on any atom is -0.382 e. The molecule has 0 aromatic rings. The van der Waals surface area contributed by atoms with Gasteiger partial charge < -0.3 is 15.2 Å². The standard InChI is InChI=1S/C11H26N2O2/c1-3-4-6-13(7-5-12)8-9-15-11-10-14-2/h3-12H2,1-2H3. The molecule has 0 aliphatic heterocycles. The fourth-order valence-electron chi connectivity index (χ4n) is 1.34. The SMILES string of the molecule is CCCCN(CCN)CCOCCOC. The summed E-state index contributed by atoms with van der Waals surface area (Å²) >= 11 is 0. The van der Waals surface area contributed by atoms with Crippen LogP contribution in [0.2, 0.25) is 0 Å². The van der Waals surface area contributed by atoms with Gasteiger partial charge in [0.25, 0.3) is 0 Å². The predicted octanol–water partition coefficient (Wildman–Crippen LogP) is 0.710. The average Bonchev–Trinajstić information content (AvgIpc) is 2.25. The van der Waals surface area contributed by atoms with Crippen molar-refractivity contribution in [2.24, 2.45) is 5.73 Å². The number of hydrogen-bond acceptors (Lipinski definition) is 4. The first-order valence-corrected chi connectivity index (χ1v) is 5.84. The third kappa shape index (κ3) is 10.1. The Bertz CT molecular complexity index is 123. The third-order valence-electron chi connectivity index (χ3n) is 2.26. The highest BCUT2D eigenvalue weighted by Gasteiger charge is 2.02. The van der Waals surface area contributed by atoms with Gasteiger partial charge in [0, 0.05) is 26.7 Å². The van der Waals surface area contributed by atoms with Gasteiger partial charge in [-0.2, -0.15) is 0 Å². The van der Waals surface area contributed by atoms with Gasteiger partial charge in [-0.05, 0) is 13.0 Å². The van der Waals surface area contributed by atoms with Gasteiger partial charge in [-0.3, -0.25) is 4.90 Å². The minimum absolute atomic E-state index is 0.672. The highest BCUT2D eigenvalue weighted by atomic mass is 16.5. The molecule has 2 N–H and O–H groups in total. The Morgan fingerprint density at radius 2 is 1.87 bits per heavy atom. The van der Waals surface area contributed by atoms with E-state index in [0.29, 0.717) is 13.2 Å². The molecule has 0 spiro atoms. The van der Waals surface area contributed by atoms with Crippen molar-refractivity contribution < 1.29 is 9.47 Å². The topological polar surface area (TPSA) is 47.7 Å². The van der Waals surface area contributed by atoms with Gasteiger partial charge in [0.05, 0.1) is 19.8 Å². The summed E-state index contributed by atoms with van der Waals surface area (Å²) in [7, 11) is 1.69. The van der Waals surface area contributed by atoms with E-state index in [1.54, 1.807) is 7.11 Å². The molecule has 0 saturated carbocycles. The van der Waals surface area contributed by atoms with Crippen molar-refractivity contribution in [2.45, 2.75) is 19.8 Å². The number of hydrogen-bond donors (Lipinski definition) is 1. The summed E-state index contributed by atoms with van der Waals surface area (Å²) in [5.41, 5.74) is 5.55. The Morgan fingerprint density at radius 3 is 2.47 bits per heavy atom. The molecule has 0 heterocycles. The molecule has 0 unspecified atom stereocenters. The monoisotopic (exact) mass is 218 g/mol. The maximum absolute atomic E-state index is 5.55. The maximum Gasteiger partial charge on any atom is 0.0700 e. The van der Waals surface area contributed by atoms with E-state index in [0.717, 1.165) is 32.8 Å². The van der Waals surface area contributed by atoms with Gasteiger partial charge in [-0.15, -0.1) is 0 Å². The van der Waals surface area contributed by atoms with Crippen molar-refractivity contribution in [3.05, 3.63) is 0 Å². The zero-order valence-corrected chi connectivity index (χ0v) is 10.2. The van der Waals surface area contributed by atoms with Crippen LogP contribution in [0.25, 0.3) is 0 Å². The first-order chi connectivity index (χ1) is 7.35. The van der Waals surface area contributed by atoms with Crippen LogP contribution in [0.1, 0.15) is 19.8 Å². The van der Waals surface area contributed by atoms with Crippen LogP contribution in [-0.2, 0) is 9.47 Å². The van der Waals surface area contributed by atoms with Crippen molar-refractivity contribution >= 4 is 0 Å². The zero-order valence-electron chi connectivity index (χ0n) is 10.2. The summed E-state index contributed by atoms with van der Waals surface area (Å²) in [6.07, 6.45) is 2.46. The molecule has 4 nitrogen and oxygen atoms in total. The molecular formula is C11H26N2O2. The number of nitrogens with two attached hydrogens (primary N) is 1. The van der Waals surface area contributed by atoms with E-state index in [9.17, 15) is 0 Å². The fraction of sp³-hybridized carbons (Fsp3) is 1.00. The zero-order chi connectivity index (χ0) is 11.4. The summed E-state index contributed by atoms with van der Waals surface area (Å²) < 4.78 is 10.3. The average molecular weight is 218 g/mol. The summed E-state index contributed by atoms with van der Waals surface area (Å²) in [4.78, 5) is 2.36. The lowest BCUT2D eigenvalue weighted by atomic mass is 10.3. The Hall–Kier alpha value is -0.160. The second-order valence-corrected chi connectivity index (χ2v) is 3.59. The quantitative estimate of drug-likeness (QED) is 0.519. The Labute approximate surface area is 93.7 Å². The molecule has 0 atom stereocenters. The minimum atomic E-state index is 0.672. The van der Waals surface area contributed by atoms with Crippen molar-refractivity contribution in [1.29, 1.82) is 0 Å². The van der Waals surface area contributed by atoms with Gasteiger partial charge in [0.15, 0.2) is 0 Å². The number of methoxy groups -OCH3 is 1. The smallest absolute Gasteiger partial charge is 0.0700 e. The van der Waals surface area contributed by atoms with Gasteiger partial charge in [-0.25, -0.2) is 0 Å². The molecule has 0 fully saturated rings. The largest absolute Gasteiger partial charge is 0.382 e. The highest BCUT2D eigenvalue weighted by molar-refractivity contribution is 4.57. The molecule has 15 heavy (non-hydrogen) atoms. The molecule has 0 bridgehead atoms. The van der Waals surface area contributed by atoms with Crippen molar-refractivity contribution in [3.8, 4) is 0 Å². The Kier molecular flexibility index (Phi) is 11.8. The molecule has 0 radical (unpaired) electrons. The van der Waals surface area contributed by atoms with Gasteiger partial charge >= 0.3 is 0 Å². The lowest BCUT2D eigenvalue weighted by molar-refractivity contribution is 0.0574. The van der Waals surface area contributed by atoms with Crippen molar-refractivity contribution in [3.63, 3.8) is 0 Å². The molecule has 4 heteroatoms. The van der Waals surface area contributed by atoms with Gasteiger partial charge in [-0.1, -0.05) is 13.3 Å². The van der Waals surface area contributed by atoms with E-state index < -0.39 is 0 Å². The van der Waals surface area contributed by atoms with Gasteiger partial charge in [0.1, 0.15) is 0 Å². The third-order valence-corrected chi connectivity index (χ3v) is 2.26. The van der Waals surface area contributed by atoms with E-state index in [-0.39, 0.29) is 0 Å². The van der Waals surface area contributed by atoms with E-state index in [1.165, 1.54) is 12.8 Å². The molecule has 0 aliphatic carbocycles. The van der Waals surface area contributed by atoms with Gasteiger partial charge in [0.2, 0.25) is 0 Å². The molecular weight excluding hydrogens is 192 g/mol. The number of unbranched alkanes of at least 4 members (excludes halogenated alkanes) is 1. The predicted molar refractivity (Wildman–Crippen MR) is 63.1 cm³/mol. The number of rotatable bonds is 11. The lowest BCUT2D eigenvalue weighted by Crippen LogP contribution is -2.33. The molecule has 0 aromatic heterocycles. The van der Waals surface area contributed by atoms with Crippen LogP contribution in [0.15, 0.2) is 0 Å². The van der Waals surface area contributed by atoms with Crippen LogP contribution >= 0.6 is 0 Å². The number of nitrogens with zero attached hydrogens (tertiary/aromatic N) is 1. The van der Waals surface area contributed by atoms with Crippen LogP contribution in [-0.4, -0.2) is 58.0 Å². The van der Waals surface area contributed by atoms with Crippen LogP contribution in [0.4, 0.5) is 0 Å². The first-order valence-electron chi connectivity index (χ1n) is 5.84. The maximum atomic E-state index is 5.55. The summed E-state index contributed by atoms with van der Waals surface area (Å²) in [6.45, 7) is 8.12. The Morgan fingerprint density at radius 1 is 1.07 bits per heavy atom. The molecule has 0 rings (SSSR count). The van der Waals surface area contributed by atoms with E-state index in [2.05, 4.69) is 11.8 Å².